The maximum atomic E-state index is 6.32. The molecule has 0 aromatic carbocycles. The van der Waals surface area contributed by atoms with Crippen LogP contribution in [-0.4, -0.2) is 9.55 Å². The molecule has 0 bridgehead atoms. The van der Waals surface area contributed by atoms with E-state index < -0.39 is 0 Å². The topological polar surface area (TPSA) is 43.8 Å². The number of nitrogens with zero attached hydrogens (tertiary/aromatic N) is 2. The number of unbranched alkanes of at least 4 members (excludes halogenated alkanes) is 5. The minimum Gasteiger partial charge on any atom is -0.384 e. The quantitative estimate of drug-likeness (QED) is 0.595. The molecule has 1 rings (SSSR count). The number of nitrogens with two attached hydrogens (primary N) is 1. The van der Waals surface area contributed by atoms with Crippen molar-refractivity contribution in [3.05, 3.63) is 11.5 Å². The summed E-state index contributed by atoms with van der Waals surface area (Å²) in [5.74, 6) is 2.12. The fourth-order valence-electron chi connectivity index (χ4n) is 2.63. The second kappa shape index (κ2) is 9.84. The van der Waals surface area contributed by atoms with Crippen molar-refractivity contribution in [2.75, 3.05) is 5.73 Å². The summed E-state index contributed by atoms with van der Waals surface area (Å²) in [4.78, 5) is 4.81. The van der Waals surface area contributed by atoms with Crippen molar-refractivity contribution in [2.45, 2.75) is 91.5 Å². The average Bonchev–Trinajstić information content (AvgIpc) is 2.73. The zero-order valence-electron chi connectivity index (χ0n) is 13.7. The first-order valence-corrected chi connectivity index (χ1v) is 8.58. The van der Waals surface area contributed by atoms with Crippen LogP contribution in [-0.2, 0) is 19.4 Å². The van der Waals surface area contributed by atoms with Crippen LogP contribution in [0.5, 0.6) is 0 Å². The predicted octanol–water partition coefficient (Wildman–Crippen LogP) is 4.73. The van der Waals surface area contributed by atoms with Crippen LogP contribution in [0, 0.1) is 0 Å². The molecule has 0 saturated heterocycles. The molecule has 0 saturated carbocycles. The molecule has 0 aliphatic heterocycles. The van der Waals surface area contributed by atoms with E-state index >= 15 is 0 Å². The van der Waals surface area contributed by atoms with Crippen molar-refractivity contribution in [3.63, 3.8) is 0 Å². The van der Waals surface area contributed by atoms with E-state index in [0.29, 0.717) is 0 Å². The van der Waals surface area contributed by atoms with E-state index in [-0.39, 0.29) is 0 Å². The molecule has 0 radical (unpaired) electrons. The molecule has 20 heavy (non-hydrogen) atoms. The van der Waals surface area contributed by atoms with Gasteiger partial charge in [0.2, 0.25) is 0 Å². The fraction of sp³-hybridized carbons (Fsp3) is 0.824. The molecule has 0 unspecified atom stereocenters. The largest absolute Gasteiger partial charge is 0.384 e. The molecule has 1 heterocycles. The monoisotopic (exact) mass is 279 g/mol. The zero-order chi connectivity index (χ0) is 14.8. The van der Waals surface area contributed by atoms with Gasteiger partial charge in [0, 0.05) is 13.0 Å². The van der Waals surface area contributed by atoms with Gasteiger partial charge in [-0.1, -0.05) is 52.9 Å². The van der Waals surface area contributed by atoms with Crippen molar-refractivity contribution in [1.29, 1.82) is 0 Å². The molecular formula is C17H33N3. The molecule has 0 aliphatic rings. The highest BCUT2D eigenvalue weighted by molar-refractivity contribution is 5.38. The summed E-state index contributed by atoms with van der Waals surface area (Å²) in [5.41, 5.74) is 7.46. The lowest BCUT2D eigenvalue weighted by molar-refractivity contribution is 0.604. The van der Waals surface area contributed by atoms with Gasteiger partial charge in [0.1, 0.15) is 11.6 Å². The van der Waals surface area contributed by atoms with Crippen molar-refractivity contribution in [2.24, 2.45) is 0 Å². The lowest BCUT2D eigenvalue weighted by Gasteiger charge is -2.08. The number of hydrogen-bond acceptors (Lipinski definition) is 2. The Bertz CT molecular complexity index is 369. The van der Waals surface area contributed by atoms with Gasteiger partial charge in [-0.25, -0.2) is 4.98 Å². The Hall–Kier alpha value is -0.990. The summed E-state index contributed by atoms with van der Waals surface area (Å²) in [5, 5.41) is 0. The van der Waals surface area contributed by atoms with Crippen LogP contribution in [0.4, 0.5) is 5.82 Å². The molecule has 3 nitrogen and oxygen atoms in total. The van der Waals surface area contributed by atoms with Crippen LogP contribution in [0.1, 0.15) is 83.7 Å². The van der Waals surface area contributed by atoms with E-state index in [0.717, 1.165) is 37.3 Å². The number of aryl methyl sites for hydroxylation is 2. The lowest BCUT2D eigenvalue weighted by atomic mass is 10.1. The highest BCUT2D eigenvalue weighted by atomic mass is 15.1. The third-order valence-corrected chi connectivity index (χ3v) is 3.89. The van der Waals surface area contributed by atoms with Gasteiger partial charge in [0.15, 0.2) is 0 Å². The Morgan fingerprint density at radius 2 is 1.55 bits per heavy atom. The summed E-state index contributed by atoms with van der Waals surface area (Å²) in [6.07, 6.45) is 12.1. The molecule has 2 N–H and O–H groups in total. The van der Waals surface area contributed by atoms with E-state index in [4.69, 9.17) is 10.7 Å². The highest BCUT2D eigenvalue weighted by Gasteiger charge is 2.13. The van der Waals surface area contributed by atoms with Gasteiger partial charge >= 0.3 is 0 Å². The predicted molar refractivity (Wildman–Crippen MR) is 88.0 cm³/mol. The lowest BCUT2D eigenvalue weighted by Crippen LogP contribution is -2.07. The molecule has 0 spiro atoms. The minimum absolute atomic E-state index is 0.928. The van der Waals surface area contributed by atoms with E-state index in [1.807, 2.05) is 0 Å². The smallest absolute Gasteiger partial charge is 0.126 e. The summed E-state index contributed by atoms with van der Waals surface area (Å²) in [7, 11) is 0. The maximum absolute atomic E-state index is 6.32. The number of hydrogen-bond donors (Lipinski definition) is 1. The third-order valence-electron chi connectivity index (χ3n) is 3.89. The summed E-state index contributed by atoms with van der Waals surface area (Å²) in [6.45, 7) is 7.71. The Morgan fingerprint density at radius 1 is 0.850 bits per heavy atom. The van der Waals surface area contributed by atoms with Crippen LogP contribution < -0.4 is 5.73 Å². The van der Waals surface area contributed by atoms with E-state index in [1.54, 1.807) is 0 Å². The Balaban J connectivity index is 2.61. The van der Waals surface area contributed by atoms with Gasteiger partial charge in [-0.2, -0.15) is 0 Å². The first kappa shape index (κ1) is 17.1. The van der Waals surface area contributed by atoms with Crippen molar-refractivity contribution in [3.8, 4) is 0 Å². The summed E-state index contributed by atoms with van der Waals surface area (Å²) >= 11 is 0. The van der Waals surface area contributed by atoms with Gasteiger partial charge in [-0.3, -0.25) is 0 Å². The van der Waals surface area contributed by atoms with Crippen molar-refractivity contribution < 1.29 is 0 Å². The van der Waals surface area contributed by atoms with Gasteiger partial charge in [0.05, 0.1) is 5.69 Å². The average molecular weight is 279 g/mol. The second-order valence-corrected chi connectivity index (χ2v) is 5.78. The van der Waals surface area contributed by atoms with Gasteiger partial charge in [0.25, 0.3) is 0 Å². The molecule has 0 amide bonds. The van der Waals surface area contributed by atoms with Crippen LogP contribution in [0.3, 0.4) is 0 Å². The van der Waals surface area contributed by atoms with Crippen LogP contribution >= 0.6 is 0 Å². The Morgan fingerprint density at radius 3 is 2.20 bits per heavy atom. The molecule has 1 aromatic rings. The number of nitrogen functional groups attached to an aromatic ring is 1. The second-order valence-electron chi connectivity index (χ2n) is 5.78. The van der Waals surface area contributed by atoms with Gasteiger partial charge in [-0.15, -0.1) is 0 Å². The van der Waals surface area contributed by atoms with Crippen LogP contribution in [0.2, 0.25) is 0 Å². The SMILES string of the molecule is CCCCCCCc1nc(CCC)n(CCCC)c1N. The van der Waals surface area contributed by atoms with Crippen molar-refractivity contribution in [1.82, 2.24) is 9.55 Å². The normalized spacial score (nSPS) is 11.2. The van der Waals surface area contributed by atoms with E-state index in [2.05, 4.69) is 25.3 Å². The molecule has 116 valence electrons. The molecule has 0 aliphatic carbocycles. The number of aromatic nitrogens is 2. The summed E-state index contributed by atoms with van der Waals surface area (Å²) < 4.78 is 2.26. The maximum Gasteiger partial charge on any atom is 0.126 e. The standard InChI is InChI=1S/C17H33N3/c1-4-7-9-10-11-13-15-17(18)20(14-8-5-2)16(19-15)12-6-3/h4-14,18H2,1-3H3. The van der Waals surface area contributed by atoms with Gasteiger partial charge in [-0.05, 0) is 25.7 Å². The molecule has 3 heteroatoms. The van der Waals surface area contributed by atoms with E-state index in [9.17, 15) is 0 Å². The third kappa shape index (κ3) is 5.18. The zero-order valence-corrected chi connectivity index (χ0v) is 13.7. The fourth-order valence-corrected chi connectivity index (χ4v) is 2.63. The van der Waals surface area contributed by atoms with Crippen LogP contribution in [0.25, 0.3) is 0 Å². The number of rotatable bonds is 11. The first-order chi connectivity index (χ1) is 9.74. The number of imidazole rings is 1. The first-order valence-electron chi connectivity index (χ1n) is 8.58. The Labute approximate surface area is 125 Å². The van der Waals surface area contributed by atoms with Gasteiger partial charge < -0.3 is 10.3 Å². The summed E-state index contributed by atoms with van der Waals surface area (Å²) in [6, 6.07) is 0. The Kier molecular flexibility index (Phi) is 8.40. The molecule has 1 aromatic heterocycles. The molecule has 0 atom stereocenters. The van der Waals surface area contributed by atoms with Crippen LogP contribution in [0.15, 0.2) is 0 Å². The van der Waals surface area contributed by atoms with E-state index in [1.165, 1.54) is 50.8 Å². The van der Waals surface area contributed by atoms with Crippen molar-refractivity contribution >= 4 is 5.82 Å². The number of anilines is 1. The molecular weight excluding hydrogens is 246 g/mol. The minimum atomic E-state index is 0.928. The molecule has 0 fully saturated rings. The highest BCUT2D eigenvalue weighted by Crippen LogP contribution is 2.19.